The number of rotatable bonds is 6. The number of carbonyl (C=O) groups excluding carboxylic acids is 1. The molecule has 0 radical (unpaired) electrons. The Morgan fingerprint density at radius 3 is 2.32 bits per heavy atom. The lowest BCUT2D eigenvalue weighted by molar-refractivity contribution is -0.137. The maximum atomic E-state index is 13.0. The molecule has 34 heavy (non-hydrogen) atoms. The first kappa shape index (κ1) is 23.4. The molecule has 0 saturated carbocycles. The zero-order chi connectivity index (χ0) is 24.3. The molecule has 4 aromatic rings. The third-order valence-corrected chi connectivity index (χ3v) is 5.21. The summed E-state index contributed by atoms with van der Waals surface area (Å²) >= 11 is 5.50. The summed E-state index contributed by atoms with van der Waals surface area (Å²) in [5, 5.41) is 5.87. The molecule has 0 saturated heterocycles. The first-order chi connectivity index (χ1) is 16.2. The van der Waals surface area contributed by atoms with Crippen molar-refractivity contribution in [1.82, 2.24) is 24.7 Å². The van der Waals surface area contributed by atoms with E-state index in [1.807, 2.05) is 25.4 Å². The quantitative estimate of drug-likeness (QED) is 0.399. The van der Waals surface area contributed by atoms with Crippen LogP contribution in [0.5, 0.6) is 0 Å². The van der Waals surface area contributed by atoms with Crippen LogP contribution < -0.4 is 5.32 Å². The minimum Gasteiger partial charge on any atom is -0.324 e. The second kappa shape index (κ2) is 9.60. The van der Waals surface area contributed by atoms with E-state index in [0.29, 0.717) is 17.8 Å². The van der Waals surface area contributed by atoms with E-state index in [-0.39, 0.29) is 12.1 Å². The fourth-order valence-corrected chi connectivity index (χ4v) is 3.47. The van der Waals surface area contributed by atoms with E-state index < -0.39 is 22.8 Å². The van der Waals surface area contributed by atoms with Crippen molar-refractivity contribution in [2.75, 3.05) is 5.32 Å². The normalized spacial score (nSPS) is 11.4. The van der Waals surface area contributed by atoms with Gasteiger partial charge in [-0.15, -0.1) is 0 Å². The van der Waals surface area contributed by atoms with Gasteiger partial charge in [0.1, 0.15) is 11.0 Å². The number of amides is 1. The number of benzene rings is 1. The average Bonchev–Trinajstić information content (AvgIpc) is 3.20. The molecule has 0 unspecified atom stereocenters. The lowest BCUT2D eigenvalue weighted by Crippen LogP contribution is -2.16. The van der Waals surface area contributed by atoms with Gasteiger partial charge in [-0.1, -0.05) is 35.9 Å². The summed E-state index contributed by atoms with van der Waals surface area (Å²) < 4.78 is 40.6. The van der Waals surface area contributed by atoms with Gasteiger partial charge in [0.25, 0.3) is 0 Å². The molecule has 0 aliphatic heterocycles. The number of halogens is 4. The molecule has 0 spiro atoms. The predicted molar refractivity (Wildman–Crippen MR) is 120 cm³/mol. The number of anilines is 1. The highest BCUT2D eigenvalue weighted by molar-refractivity contribution is 6.30. The number of aromatic nitrogens is 5. The molecule has 1 N–H and O–H groups in total. The molecule has 7 nitrogen and oxygen atoms in total. The molecule has 3 heterocycles. The molecular weight excluding hydrogens is 469 g/mol. The predicted octanol–water partition coefficient (Wildman–Crippen LogP) is 4.72. The molecule has 174 valence electrons. The largest absolute Gasteiger partial charge is 0.419 e. The Hall–Kier alpha value is -3.79. The molecule has 0 atom stereocenters. The summed E-state index contributed by atoms with van der Waals surface area (Å²) in [6.07, 6.45) is 4.10. The fraction of sp³-hybridized carbons (Fsp3) is 0.174. The first-order valence-corrected chi connectivity index (χ1v) is 10.5. The van der Waals surface area contributed by atoms with Gasteiger partial charge in [-0.05, 0) is 22.8 Å². The van der Waals surface area contributed by atoms with Gasteiger partial charge < -0.3 is 5.32 Å². The standard InChI is InChI=1S/C23H18ClF3N6O/c1-33-13-15(9-31-33)6-20-28-10-17(11-29-20)16-4-2-14(3-5-16)7-21(34)32-18-8-19(23(25,26)27)22(24)30-12-18/h2-5,8-13H,6-7H2,1H3,(H,32,34). The van der Waals surface area contributed by atoms with E-state index in [0.717, 1.165) is 29.0 Å². The highest BCUT2D eigenvalue weighted by Crippen LogP contribution is 2.34. The number of hydrogen-bond acceptors (Lipinski definition) is 5. The van der Waals surface area contributed by atoms with Gasteiger partial charge in [0.2, 0.25) is 5.91 Å². The molecule has 0 bridgehead atoms. The summed E-state index contributed by atoms with van der Waals surface area (Å²) in [6, 6.07) is 7.94. The van der Waals surface area contributed by atoms with Crippen molar-refractivity contribution in [1.29, 1.82) is 0 Å². The van der Waals surface area contributed by atoms with Crippen LogP contribution in [-0.4, -0.2) is 30.6 Å². The average molecular weight is 487 g/mol. The third-order valence-electron chi connectivity index (χ3n) is 4.91. The summed E-state index contributed by atoms with van der Waals surface area (Å²) in [7, 11) is 1.85. The minimum absolute atomic E-state index is 0.0230. The lowest BCUT2D eigenvalue weighted by Gasteiger charge is -2.11. The van der Waals surface area contributed by atoms with E-state index in [4.69, 9.17) is 11.6 Å². The highest BCUT2D eigenvalue weighted by Gasteiger charge is 2.34. The second-order valence-electron chi connectivity index (χ2n) is 7.57. The van der Waals surface area contributed by atoms with Crippen LogP contribution in [0.3, 0.4) is 0 Å². The first-order valence-electron chi connectivity index (χ1n) is 10.1. The molecule has 0 fully saturated rings. The number of hydrogen-bond donors (Lipinski definition) is 1. The van der Waals surface area contributed by atoms with E-state index in [2.05, 4.69) is 25.4 Å². The van der Waals surface area contributed by atoms with Crippen LogP contribution in [0.4, 0.5) is 18.9 Å². The Balaban J connectivity index is 1.37. The Bertz CT molecular complexity index is 1300. The Kier molecular flexibility index (Phi) is 6.60. The van der Waals surface area contributed by atoms with Crippen molar-refractivity contribution in [2.45, 2.75) is 19.0 Å². The lowest BCUT2D eigenvalue weighted by atomic mass is 10.0. The van der Waals surface area contributed by atoms with Crippen LogP contribution in [-0.2, 0) is 30.9 Å². The highest BCUT2D eigenvalue weighted by atomic mass is 35.5. The number of nitrogens with zero attached hydrogens (tertiary/aromatic N) is 5. The number of carbonyl (C=O) groups is 1. The third kappa shape index (κ3) is 5.76. The summed E-state index contributed by atoms with van der Waals surface area (Å²) in [5.41, 5.74) is 2.20. The van der Waals surface area contributed by atoms with E-state index in [9.17, 15) is 18.0 Å². The van der Waals surface area contributed by atoms with Gasteiger partial charge in [0.15, 0.2) is 0 Å². The van der Waals surface area contributed by atoms with Crippen LogP contribution in [0, 0.1) is 0 Å². The molecule has 4 rings (SSSR count). The van der Waals surface area contributed by atoms with E-state index in [1.165, 1.54) is 0 Å². The summed E-state index contributed by atoms with van der Waals surface area (Å²) in [5.74, 6) is 0.198. The van der Waals surface area contributed by atoms with Crippen LogP contribution >= 0.6 is 11.6 Å². The number of aryl methyl sites for hydroxylation is 1. The Labute approximate surface area is 197 Å². The molecular formula is C23H18ClF3N6O. The summed E-state index contributed by atoms with van der Waals surface area (Å²) in [6.45, 7) is 0. The molecule has 1 amide bonds. The van der Waals surface area contributed by atoms with Crippen molar-refractivity contribution >= 4 is 23.2 Å². The SMILES string of the molecule is Cn1cc(Cc2ncc(-c3ccc(CC(=O)Nc4cnc(Cl)c(C(F)(F)F)c4)cc3)cn2)cn1. The van der Waals surface area contributed by atoms with Gasteiger partial charge in [-0.25, -0.2) is 15.0 Å². The maximum Gasteiger partial charge on any atom is 0.419 e. The van der Waals surface area contributed by atoms with Crippen molar-refractivity contribution in [2.24, 2.45) is 7.05 Å². The van der Waals surface area contributed by atoms with Crippen molar-refractivity contribution in [3.63, 3.8) is 0 Å². The van der Waals surface area contributed by atoms with Crippen LogP contribution in [0.2, 0.25) is 5.15 Å². The topological polar surface area (TPSA) is 85.6 Å². The van der Waals surface area contributed by atoms with E-state index >= 15 is 0 Å². The number of alkyl halides is 3. The van der Waals surface area contributed by atoms with Crippen molar-refractivity contribution in [3.05, 3.63) is 89.0 Å². The monoisotopic (exact) mass is 486 g/mol. The molecule has 11 heteroatoms. The maximum absolute atomic E-state index is 13.0. The molecule has 0 aliphatic carbocycles. The van der Waals surface area contributed by atoms with Crippen LogP contribution in [0.15, 0.2) is 61.3 Å². The van der Waals surface area contributed by atoms with Crippen molar-refractivity contribution < 1.29 is 18.0 Å². The molecule has 0 aliphatic rings. The fourth-order valence-electron chi connectivity index (χ4n) is 3.26. The Morgan fingerprint density at radius 1 is 1.00 bits per heavy atom. The zero-order valence-corrected chi connectivity index (χ0v) is 18.6. The van der Waals surface area contributed by atoms with Crippen LogP contribution in [0.1, 0.15) is 22.5 Å². The smallest absolute Gasteiger partial charge is 0.324 e. The van der Waals surface area contributed by atoms with Crippen molar-refractivity contribution in [3.8, 4) is 11.1 Å². The number of pyridine rings is 1. The second-order valence-corrected chi connectivity index (χ2v) is 7.93. The molecule has 1 aromatic carbocycles. The summed E-state index contributed by atoms with van der Waals surface area (Å²) in [4.78, 5) is 24.6. The molecule has 3 aromatic heterocycles. The van der Waals surface area contributed by atoms with Gasteiger partial charge in [-0.3, -0.25) is 9.48 Å². The van der Waals surface area contributed by atoms with Gasteiger partial charge in [0.05, 0.1) is 30.1 Å². The zero-order valence-electron chi connectivity index (χ0n) is 17.8. The van der Waals surface area contributed by atoms with Crippen LogP contribution in [0.25, 0.3) is 11.1 Å². The number of nitrogens with one attached hydrogen (secondary N) is 1. The van der Waals surface area contributed by atoms with Gasteiger partial charge in [-0.2, -0.15) is 18.3 Å². The Morgan fingerprint density at radius 2 is 1.71 bits per heavy atom. The van der Waals surface area contributed by atoms with Gasteiger partial charge >= 0.3 is 6.18 Å². The minimum atomic E-state index is -4.67. The van der Waals surface area contributed by atoms with Gasteiger partial charge in [0, 0.05) is 37.6 Å². The van der Waals surface area contributed by atoms with E-state index in [1.54, 1.807) is 35.4 Å².